The largest absolute Gasteiger partial charge is 0.334 e. The van der Waals surface area contributed by atoms with Gasteiger partial charge >= 0.3 is 0 Å². The SMILES string of the molecule is CCCc1noc(-c2cccn3c(CC(=O)Nc4cccc(C)c4)nnc23)n1. The molecule has 0 atom stereocenters. The lowest BCUT2D eigenvalue weighted by atomic mass is 10.2. The third-order valence-electron chi connectivity index (χ3n) is 4.30. The molecule has 0 aliphatic rings. The summed E-state index contributed by atoms with van der Waals surface area (Å²) in [6, 6.07) is 11.4. The van der Waals surface area contributed by atoms with E-state index in [0.29, 0.717) is 28.8 Å². The molecule has 0 bridgehead atoms. The van der Waals surface area contributed by atoms with Gasteiger partial charge in [-0.1, -0.05) is 24.2 Å². The zero-order chi connectivity index (χ0) is 19.5. The molecule has 0 saturated heterocycles. The molecule has 0 aliphatic carbocycles. The average Bonchev–Trinajstić information content (AvgIpc) is 3.29. The van der Waals surface area contributed by atoms with Gasteiger partial charge in [0.15, 0.2) is 11.5 Å². The minimum absolute atomic E-state index is 0.101. The standard InChI is InChI=1S/C20H20N6O2/c1-3-6-16-22-20(28-25-16)15-9-5-10-26-17(23-24-19(15)26)12-18(27)21-14-8-4-7-13(2)11-14/h4-5,7-11H,3,6,12H2,1-2H3,(H,21,27). The van der Waals surface area contributed by atoms with Crippen LogP contribution in [-0.4, -0.2) is 30.6 Å². The van der Waals surface area contributed by atoms with Gasteiger partial charge in [-0.2, -0.15) is 4.98 Å². The Kier molecular flexibility index (Phi) is 4.84. The van der Waals surface area contributed by atoms with Crippen molar-refractivity contribution in [3.8, 4) is 11.5 Å². The number of rotatable bonds is 6. The maximum absolute atomic E-state index is 12.4. The number of amides is 1. The number of aromatic nitrogens is 5. The number of nitrogens with zero attached hydrogens (tertiary/aromatic N) is 5. The molecule has 3 heterocycles. The fraction of sp³-hybridized carbons (Fsp3) is 0.250. The fourth-order valence-electron chi connectivity index (χ4n) is 3.01. The van der Waals surface area contributed by atoms with Crippen LogP contribution in [0.3, 0.4) is 0 Å². The Morgan fingerprint density at radius 1 is 1.21 bits per heavy atom. The van der Waals surface area contributed by atoms with Crippen LogP contribution in [0, 0.1) is 6.92 Å². The second-order valence-corrected chi connectivity index (χ2v) is 6.59. The molecule has 142 valence electrons. The number of hydrogen-bond acceptors (Lipinski definition) is 6. The van der Waals surface area contributed by atoms with Crippen LogP contribution in [0.1, 0.15) is 30.6 Å². The molecule has 0 spiro atoms. The summed E-state index contributed by atoms with van der Waals surface area (Å²) in [4.78, 5) is 16.8. The van der Waals surface area contributed by atoms with Crippen molar-refractivity contribution in [3.05, 3.63) is 59.8 Å². The molecule has 1 aromatic carbocycles. The van der Waals surface area contributed by atoms with Gasteiger partial charge in [0.2, 0.25) is 5.91 Å². The monoisotopic (exact) mass is 376 g/mol. The number of fused-ring (bicyclic) bond motifs is 1. The third kappa shape index (κ3) is 3.62. The highest BCUT2D eigenvalue weighted by atomic mass is 16.5. The van der Waals surface area contributed by atoms with E-state index in [-0.39, 0.29) is 12.3 Å². The van der Waals surface area contributed by atoms with Crippen molar-refractivity contribution >= 4 is 17.2 Å². The van der Waals surface area contributed by atoms with Crippen LogP contribution in [0.5, 0.6) is 0 Å². The normalized spacial score (nSPS) is 11.1. The average molecular weight is 376 g/mol. The zero-order valence-electron chi connectivity index (χ0n) is 15.7. The first kappa shape index (κ1) is 17.8. The molecular weight excluding hydrogens is 356 g/mol. The van der Waals surface area contributed by atoms with Crippen molar-refractivity contribution in [1.82, 2.24) is 24.7 Å². The molecule has 1 N–H and O–H groups in total. The lowest BCUT2D eigenvalue weighted by Crippen LogP contribution is -2.16. The Hall–Kier alpha value is -3.55. The Bertz CT molecular complexity index is 1130. The van der Waals surface area contributed by atoms with Gasteiger partial charge < -0.3 is 9.84 Å². The van der Waals surface area contributed by atoms with Crippen molar-refractivity contribution in [2.45, 2.75) is 33.1 Å². The smallest absolute Gasteiger partial charge is 0.261 e. The highest BCUT2D eigenvalue weighted by molar-refractivity contribution is 5.92. The van der Waals surface area contributed by atoms with E-state index in [1.807, 2.05) is 49.5 Å². The molecule has 8 nitrogen and oxygen atoms in total. The summed E-state index contributed by atoms with van der Waals surface area (Å²) in [6.45, 7) is 4.04. The predicted octanol–water partition coefficient (Wildman–Crippen LogP) is 3.22. The van der Waals surface area contributed by atoms with Crippen LogP contribution >= 0.6 is 0 Å². The minimum Gasteiger partial charge on any atom is -0.334 e. The number of carbonyl (C=O) groups excluding carboxylic acids is 1. The summed E-state index contributed by atoms with van der Waals surface area (Å²) in [7, 11) is 0. The minimum atomic E-state index is -0.159. The van der Waals surface area contributed by atoms with Crippen molar-refractivity contribution in [3.63, 3.8) is 0 Å². The second-order valence-electron chi connectivity index (χ2n) is 6.59. The van der Waals surface area contributed by atoms with Crippen LogP contribution in [0.25, 0.3) is 17.1 Å². The number of hydrogen-bond donors (Lipinski definition) is 1. The molecule has 4 aromatic rings. The molecule has 0 fully saturated rings. The van der Waals surface area contributed by atoms with E-state index in [2.05, 4.69) is 32.6 Å². The van der Waals surface area contributed by atoms with E-state index in [1.54, 1.807) is 4.40 Å². The van der Waals surface area contributed by atoms with Crippen molar-refractivity contribution < 1.29 is 9.32 Å². The predicted molar refractivity (Wildman–Crippen MR) is 104 cm³/mol. The third-order valence-corrected chi connectivity index (χ3v) is 4.30. The quantitative estimate of drug-likeness (QED) is 0.555. The van der Waals surface area contributed by atoms with Gasteiger partial charge in [-0.25, -0.2) is 0 Å². The number of pyridine rings is 1. The molecular formula is C20H20N6O2. The van der Waals surface area contributed by atoms with E-state index >= 15 is 0 Å². The molecule has 1 amide bonds. The van der Waals surface area contributed by atoms with Crippen LogP contribution in [0.15, 0.2) is 47.1 Å². The van der Waals surface area contributed by atoms with Gasteiger partial charge in [-0.3, -0.25) is 9.20 Å². The summed E-state index contributed by atoms with van der Waals surface area (Å²) in [6.07, 6.45) is 3.61. The molecule has 3 aromatic heterocycles. The highest BCUT2D eigenvalue weighted by Crippen LogP contribution is 2.22. The Labute approximate surface area is 161 Å². The number of carbonyl (C=O) groups is 1. The summed E-state index contributed by atoms with van der Waals surface area (Å²) >= 11 is 0. The maximum atomic E-state index is 12.4. The van der Waals surface area contributed by atoms with Gasteiger partial charge in [0.05, 0.1) is 12.0 Å². The van der Waals surface area contributed by atoms with Gasteiger partial charge in [-0.05, 0) is 43.2 Å². The van der Waals surface area contributed by atoms with Gasteiger partial charge in [-0.15, -0.1) is 10.2 Å². The molecule has 0 aliphatic heterocycles. The van der Waals surface area contributed by atoms with Crippen LogP contribution in [0.4, 0.5) is 5.69 Å². The van der Waals surface area contributed by atoms with E-state index in [1.165, 1.54) is 0 Å². The maximum Gasteiger partial charge on any atom is 0.261 e. The molecule has 28 heavy (non-hydrogen) atoms. The number of anilines is 1. The topological polar surface area (TPSA) is 98.2 Å². The highest BCUT2D eigenvalue weighted by Gasteiger charge is 2.17. The summed E-state index contributed by atoms with van der Waals surface area (Å²) in [5.41, 5.74) is 3.11. The number of benzene rings is 1. The lowest BCUT2D eigenvalue weighted by Gasteiger charge is -2.05. The lowest BCUT2D eigenvalue weighted by molar-refractivity contribution is -0.115. The van der Waals surface area contributed by atoms with Gasteiger partial charge in [0.25, 0.3) is 5.89 Å². The van der Waals surface area contributed by atoms with Gasteiger partial charge in [0.1, 0.15) is 5.82 Å². The summed E-state index contributed by atoms with van der Waals surface area (Å²) in [5.74, 6) is 1.44. The first-order valence-electron chi connectivity index (χ1n) is 9.16. The number of aryl methyl sites for hydroxylation is 2. The first-order valence-corrected chi connectivity index (χ1v) is 9.16. The molecule has 8 heteroatoms. The molecule has 0 unspecified atom stereocenters. The van der Waals surface area contributed by atoms with Crippen LogP contribution < -0.4 is 5.32 Å². The summed E-state index contributed by atoms with van der Waals surface area (Å²) < 4.78 is 7.14. The van der Waals surface area contributed by atoms with Gasteiger partial charge in [0, 0.05) is 18.3 Å². The molecule has 0 saturated carbocycles. The molecule has 0 radical (unpaired) electrons. The zero-order valence-corrected chi connectivity index (χ0v) is 15.7. The number of nitrogens with one attached hydrogen (secondary N) is 1. The van der Waals surface area contributed by atoms with E-state index in [9.17, 15) is 4.79 Å². The first-order chi connectivity index (χ1) is 13.6. The van der Waals surface area contributed by atoms with Crippen LogP contribution in [0.2, 0.25) is 0 Å². The Balaban J connectivity index is 1.58. The Morgan fingerprint density at radius 3 is 2.93 bits per heavy atom. The fourth-order valence-corrected chi connectivity index (χ4v) is 3.01. The van der Waals surface area contributed by atoms with E-state index in [0.717, 1.165) is 24.1 Å². The Morgan fingerprint density at radius 2 is 2.11 bits per heavy atom. The van der Waals surface area contributed by atoms with Crippen LogP contribution in [-0.2, 0) is 17.6 Å². The van der Waals surface area contributed by atoms with Crippen molar-refractivity contribution in [2.75, 3.05) is 5.32 Å². The summed E-state index contributed by atoms with van der Waals surface area (Å²) in [5, 5.41) is 15.3. The second kappa shape index (κ2) is 7.59. The van der Waals surface area contributed by atoms with Crippen molar-refractivity contribution in [2.24, 2.45) is 0 Å². The molecule has 4 rings (SSSR count). The van der Waals surface area contributed by atoms with E-state index in [4.69, 9.17) is 4.52 Å². The van der Waals surface area contributed by atoms with Crippen molar-refractivity contribution in [1.29, 1.82) is 0 Å². The van der Waals surface area contributed by atoms with E-state index < -0.39 is 0 Å².